The van der Waals surface area contributed by atoms with E-state index in [0.29, 0.717) is 30.6 Å². The smallest absolute Gasteiger partial charge is 0.193 e. The number of ether oxygens (including phenoxy) is 1. The third-order valence-corrected chi connectivity index (χ3v) is 4.64. The second-order valence-electron chi connectivity index (χ2n) is 5.26. The number of hydrogen-bond donors (Lipinski definition) is 2. The average molecular weight is 345 g/mol. The Morgan fingerprint density at radius 2 is 1.88 bits per heavy atom. The molecular weight excluding hydrogens is 322 g/mol. The van der Waals surface area contributed by atoms with Crippen LogP contribution in [0.15, 0.2) is 59.6 Å². The lowest BCUT2D eigenvalue weighted by Gasteiger charge is -2.10. The number of nitrogens with zero attached hydrogens (tertiary/aromatic N) is 1. The summed E-state index contributed by atoms with van der Waals surface area (Å²) in [6.07, 6.45) is 0. The molecule has 24 heavy (non-hydrogen) atoms. The Morgan fingerprint density at radius 1 is 1.17 bits per heavy atom. The van der Waals surface area contributed by atoms with E-state index in [2.05, 4.69) is 10.3 Å². The maximum atomic E-state index is 12.1. The van der Waals surface area contributed by atoms with E-state index in [1.165, 1.54) is 0 Å². The SMILES string of the molecule is COCc1ccccc1NC(N)=NCCS(=O)Cc1ccccc1. The topological polar surface area (TPSA) is 76.7 Å². The third-order valence-electron chi connectivity index (χ3n) is 3.35. The summed E-state index contributed by atoms with van der Waals surface area (Å²) in [5.74, 6) is 1.34. The van der Waals surface area contributed by atoms with Gasteiger partial charge in [-0.2, -0.15) is 0 Å². The van der Waals surface area contributed by atoms with E-state index in [0.717, 1.165) is 16.8 Å². The van der Waals surface area contributed by atoms with Crippen LogP contribution in [0.4, 0.5) is 5.69 Å². The monoisotopic (exact) mass is 345 g/mol. The Morgan fingerprint density at radius 3 is 2.62 bits per heavy atom. The minimum Gasteiger partial charge on any atom is -0.380 e. The number of methoxy groups -OCH3 is 1. The number of anilines is 1. The predicted octanol–water partition coefficient (Wildman–Crippen LogP) is 2.51. The largest absolute Gasteiger partial charge is 0.380 e. The van der Waals surface area contributed by atoms with Gasteiger partial charge in [0.2, 0.25) is 0 Å². The van der Waals surface area contributed by atoms with Crippen LogP contribution in [0.5, 0.6) is 0 Å². The number of benzene rings is 2. The van der Waals surface area contributed by atoms with Crippen LogP contribution >= 0.6 is 0 Å². The standard InChI is InChI=1S/C18H23N3O2S/c1-23-13-16-9-5-6-10-17(16)21-18(19)20-11-12-24(22)14-15-7-3-2-4-8-15/h2-10H,11-14H2,1H3,(H3,19,20,21). The van der Waals surface area contributed by atoms with Gasteiger partial charge >= 0.3 is 0 Å². The van der Waals surface area contributed by atoms with E-state index < -0.39 is 10.8 Å². The lowest BCUT2D eigenvalue weighted by atomic mass is 10.2. The summed E-state index contributed by atoms with van der Waals surface area (Å²) >= 11 is 0. The molecule has 2 aromatic carbocycles. The van der Waals surface area contributed by atoms with Gasteiger partial charge in [0.15, 0.2) is 5.96 Å². The molecule has 3 N–H and O–H groups in total. The van der Waals surface area contributed by atoms with Crippen LogP contribution in [0.1, 0.15) is 11.1 Å². The molecule has 0 radical (unpaired) electrons. The third kappa shape index (κ3) is 6.14. The van der Waals surface area contributed by atoms with Gasteiger partial charge in [0.05, 0.1) is 13.2 Å². The Bertz CT molecular complexity index is 690. The Hall–Kier alpha value is -2.18. The van der Waals surface area contributed by atoms with Crippen LogP contribution < -0.4 is 11.1 Å². The quantitative estimate of drug-likeness (QED) is 0.569. The maximum absolute atomic E-state index is 12.1. The molecule has 0 heterocycles. The van der Waals surface area contributed by atoms with Gasteiger partial charge in [0.25, 0.3) is 0 Å². The molecule has 0 saturated carbocycles. The molecule has 0 saturated heterocycles. The van der Waals surface area contributed by atoms with Crippen molar-refractivity contribution in [2.24, 2.45) is 10.7 Å². The minimum atomic E-state index is -0.952. The van der Waals surface area contributed by atoms with Crippen molar-refractivity contribution in [3.63, 3.8) is 0 Å². The Labute approximate surface area is 145 Å². The highest BCUT2D eigenvalue weighted by molar-refractivity contribution is 7.84. The first-order valence-corrected chi connectivity index (χ1v) is 9.20. The maximum Gasteiger partial charge on any atom is 0.193 e. The summed E-state index contributed by atoms with van der Waals surface area (Å²) < 4.78 is 17.2. The van der Waals surface area contributed by atoms with Crippen molar-refractivity contribution in [3.8, 4) is 0 Å². The molecule has 0 aromatic heterocycles. The van der Waals surface area contributed by atoms with Gasteiger partial charge in [-0.15, -0.1) is 0 Å². The second-order valence-corrected chi connectivity index (χ2v) is 6.83. The fourth-order valence-corrected chi connectivity index (χ4v) is 3.20. The molecule has 0 aliphatic carbocycles. The van der Waals surface area contributed by atoms with Gasteiger partial charge < -0.3 is 15.8 Å². The highest BCUT2D eigenvalue weighted by Crippen LogP contribution is 2.15. The van der Waals surface area contributed by atoms with Gasteiger partial charge in [-0.25, -0.2) is 0 Å². The van der Waals surface area contributed by atoms with Crippen LogP contribution in [0.3, 0.4) is 0 Å². The van der Waals surface area contributed by atoms with Gasteiger partial charge in [-0.1, -0.05) is 48.5 Å². The first-order valence-electron chi connectivity index (χ1n) is 7.71. The zero-order valence-electron chi connectivity index (χ0n) is 13.8. The van der Waals surface area contributed by atoms with Crippen molar-refractivity contribution in [1.29, 1.82) is 0 Å². The normalized spacial score (nSPS) is 12.8. The van der Waals surface area contributed by atoms with Crippen molar-refractivity contribution in [1.82, 2.24) is 0 Å². The van der Waals surface area contributed by atoms with E-state index in [4.69, 9.17) is 10.5 Å². The summed E-state index contributed by atoms with van der Waals surface area (Å²) in [5.41, 5.74) is 8.85. The van der Waals surface area contributed by atoms with Gasteiger partial charge in [-0.05, 0) is 11.6 Å². The predicted molar refractivity (Wildman–Crippen MR) is 100 cm³/mol. The minimum absolute atomic E-state index is 0.315. The molecule has 0 aliphatic rings. The van der Waals surface area contributed by atoms with Gasteiger partial charge in [0, 0.05) is 40.7 Å². The van der Waals surface area contributed by atoms with Gasteiger partial charge in [-0.3, -0.25) is 9.20 Å². The Kier molecular flexibility index (Phi) is 7.45. The summed E-state index contributed by atoms with van der Waals surface area (Å²) in [7, 11) is 0.697. The number of aliphatic imine (C=N–C) groups is 1. The van der Waals surface area contributed by atoms with Crippen LogP contribution in [-0.4, -0.2) is 29.6 Å². The summed E-state index contributed by atoms with van der Waals surface area (Å²) in [4.78, 5) is 4.25. The molecule has 6 heteroatoms. The number of nitrogens with two attached hydrogens (primary N) is 1. The van der Waals surface area contributed by atoms with Crippen molar-refractivity contribution < 1.29 is 8.95 Å². The van der Waals surface area contributed by atoms with Crippen molar-refractivity contribution in [2.75, 3.05) is 24.7 Å². The number of nitrogens with one attached hydrogen (secondary N) is 1. The molecule has 128 valence electrons. The summed E-state index contributed by atoms with van der Waals surface area (Å²) in [6.45, 7) is 0.919. The van der Waals surface area contributed by atoms with Crippen LogP contribution in [-0.2, 0) is 27.9 Å². The highest BCUT2D eigenvalue weighted by atomic mass is 32.2. The van der Waals surface area contributed by atoms with Crippen molar-refractivity contribution >= 4 is 22.4 Å². The molecule has 0 amide bonds. The molecule has 0 fully saturated rings. The lowest BCUT2D eigenvalue weighted by Crippen LogP contribution is -2.24. The molecular formula is C18H23N3O2S. The average Bonchev–Trinajstić information content (AvgIpc) is 2.58. The van der Waals surface area contributed by atoms with Crippen LogP contribution in [0.25, 0.3) is 0 Å². The highest BCUT2D eigenvalue weighted by Gasteiger charge is 2.04. The van der Waals surface area contributed by atoms with E-state index >= 15 is 0 Å². The van der Waals surface area contributed by atoms with E-state index in [9.17, 15) is 4.21 Å². The van der Waals surface area contributed by atoms with E-state index in [1.54, 1.807) is 7.11 Å². The molecule has 2 aromatic rings. The summed E-state index contributed by atoms with van der Waals surface area (Å²) in [5, 5.41) is 3.07. The molecule has 2 rings (SSSR count). The molecule has 1 atom stereocenters. The first-order chi connectivity index (χ1) is 11.7. The van der Waals surface area contributed by atoms with Crippen LogP contribution in [0, 0.1) is 0 Å². The van der Waals surface area contributed by atoms with Crippen molar-refractivity contribution in [3.05, 3.63) is 65.7 Å². The fraction of sp³-hybridized carbons (Fsp3) is 0.278. The number of guanidine groups is 1. The Balaban J connectivity index is 1.83. The zero-order valence-corrected chi connectivity index (χ0v) is 14.6. The lowest BCUT2D eigenvalue weighted by molar-refractivity contribution is 0.185. The summed E-state index contributed by atoms with van der Waals surface area (Å²) in [6, 6.07) is 17.5. The zero-order chi connectivity index (χ0) is 17.2. The van der Waals surface area contributed by atoms with E-state index in [-0.39, 0.29) is 0 Å². The molecule has 0 spiro atoms. The molecule has 0 aliphatic heterocycles. The molecule has 5 nitrogen and oxygen atoms in total. The second kappa shape index (κ2) is 9.85. The fourth-order valence-electron chi connectivity index (χ4n) is 2.20. The van der Waals surface area contributed by atoms with Crippen molar-refractivity contribution in [2.45, 2.75) is 12.4 Å². The molecule has 0 bridgehead atoms. The van der Waals surface area contributed by atoms with E-state index in [1.807, 2.05) is 54.6 Å². The van der Waals surface area contributed by atoms with Gasteiger partial charge in [0.1, 0.15) is 0 Å². The number of rotatable bonds is 8. The number of hydrogen-bond acceptors (Lipinski definition) is 3. The van der Waals surface area contributed by atoms with Crippen LogP contribution in [0.2, 0.25) is 0 Å². The molecule has 1 unspecified atom stereocenters. The first kappa shape index (κ1) is 18.2. The number of para-hydroxylation sites is 1.